The topological polar surface area (TPSA) is 52.3 Å². The van der Waals surface area contributed by atoms with E-state index in [0.717, 1.165) is 18.4 Å². The normalized spacial score (nSPS) is 22.2. The van der Waals surface area contributed by atoms with Crippen LogP contribution in [-0.2, 0) is 16.0 Å². The predicted molar refractivity (Wildman–Crippen MR) is 69.1 cm³/mol. The van der Waals surface area contributed by atoms with E-state index in [9.17, 15) is 4.79 Å². The molecule has 1 aromatic rings. The van der Waals surface area contributed by atoms with Crippen LogP contribution in [0, 0.1) is 5.92 Å². The van der Waals surface area contributed by atoms with Gasteiger partial charge >= 0.3 is 5.97 Å². The van der Waals surface area contributed by atoms with Gasteiger partial charge in [0.2, 0.25) is 0 Å². The zero-order chi connectivity index (χ0) is 11.5. The lowest BCUT2D eigenvalue weighted by atomic mass is 9.80. The highest BCUT2D eigenvalue weighted by molar-refractivity contribution is 5.85. The third-order valence-corrected chi connectivity index (χ3v) is 3.16. The minimum Gasteiger partial charge on any atom is -0.466 e. The summed E-state index contributed by atoms with van der Waals surface area (Å²) in [7, 11) is 0. The summed E-state index contributed by atoms with van der Waals surface area (Å²) in [5, 5.41) is 0. The first-order valence-electron chi connectivity index (χ1n) is 5.74. The van der Waals surface area contributed by atoms with Gasteiger partial charge < -0.3 is 10.5 Å². The quantitative estimate of drug-likeness (QED) is 0.825. The maximum atomic E-state index is 11.7. The Morgan fingerprint density at radius 2 is 2.18 bits per heavy atom. The van der Waals surface area contributed by atoms with Gasteiger partial charge in [-0.15, -0.1) is 12.4 Å². The summed E-state index contributed by atoms with van der Waals surface area (Å²) < 4.78 is 5.05. The molecule has 0 aromatic heterocycles. The molecule has 94 valence electrons. The van der Waals surface area contributed by atoms with Crippen LogP contribution in [0.3, 0.4) is 0 Å². The summed E-state index contributed by atoms with van der Waals surface area (Å²) in [5.74, 6) is -0.348. The Kier molecular flexibility index (Phi) is 4.97. The largest absolute Gasteiger partial charge is 0.466 e. The fourth-order valence-electron chi connectivity index (χ4n) is 2.31. The summed E-state index contributed by atoms with van der Waals surface area (Å²) >= 11 is 0. The Hall–Kier alpha value is -1.06. The Morgan fingerprint density at radius 1 is 1.47 bits per heavy atom. The number of fused-ring (bicyclic) bond motifs is 1. The molecule has 4 heteroatoms. The molecular weight excluding hydrogens is 238 g/mol. The van der Waals surface area contributed by atoms with Crippen LogP contribution in [0.4, 0.5) is 0 Å². The summed E-state index contributed by atoms with van der Waals surface area (Å²) in [5.41, 5.74) is 8.47. The van der Waals surface area contributed by atoms with Crippen molar-refractivity contribution in [3.05, 3.63) is 35.4 Å². The number of esters is 1. The van der Waals surface area contributed by atoms with E-state index in [1.54, 1.807) is 0 Å². The average molecular weight is 256 g/mol. The van der Waals surface area contributed by atoms with Gasteiger partial charge in [-0.1, -0.05) is 24.3 Å². The Labute approximate surface area is 108 Å². The number of benzene rings is 1. The van der Waals surface area contributed by atoms with Gasteiger partial charge in [0.05, 0.1) is 12.5 Å². The van der Waals surface area contributed by atoms with Crippen molar-refractivity contribution in [2.75, 3.05) is 6.61 Å². The molecule has 1 aromatic carbocycles. The molecule has 0 unspecified atom stereocenters. The molecule has 0 spiro atoms. The summed E-state index contributed by atoms with van der Waals surface area (Å²) in [6.45, 7) is 2.24. The molecular formula is C13H18ClNO2. The van der Waals surface area contributed by atoms with Crippen LogP contribution >= 0.6 is 12.4 Å². The molecule has 0 saturated carbocycles. The lowest BCUT2D eigenvalue weighted by Crippen LogP contribution is -2.33. The number of nitrogens with two attached hydrogens (primary N) is 1. The monoisotopic (exact) mass is 255 g/mol. The highest BCUT2D eigenvalue weighted by Crippen LogP contribution is 2.33. The van der Waals surface area contributed by atoms with Crippen molar-refractivity contribution in [2.24, 2.45) is 11.7 Å². The molecule has 0 saturated heterocycles. The summed E-state index contributed by atoms with van der Waals surface area (Å²) in [6.07, 6.45) is 1.70. The van der Waals surface area contributed by atoms with E-state index in [1.807, 2.05) is 25.1 Å². The molecule has 1 aliphatic carbocycles. The van der Waals surface area contributed by atoms with Crippen molar-refractivity contribution in [1.29, 1.82) is 0 Å². The van der Waals surface area contributed by atoms with E-state index >= 15 is 0 Å². The number of aryl methyl sites for hydroxylation is 1. The first-order valence-corrected chi connectivity index (χ1v) is 5.74. The predicted octanol–water partition coefficient (Wildman–Crippen LogP) is 2.23. The average Bonchev–Trinajstić information content (AvgIpc) is 2.30. The molecule has 1 aliphatic rings. The van der Waals surface area contributed by atoms with E-state index in [0.29, 0.717) is 6.61 Å². The van der Waals surface area contributed by atoms with E-state index in [4.69, 9.17) is 10.5 Å². The van der Waals surface area contributed by atoms with Crippen molar-refractivity contribution in [1.82, 2.24) is 0 Å². The highest BCUT2D eigenvalue weighted by atomic mass is 35.5. The van der Waals surface area contributed by atoms with Gasteiger partial charge in [0.25, 0.3) is 0 Å². The first kappa shape index (κ1) is 14.0. The molecule has 2 atom stereocenters. The smallest absolute Gasteiger partial charge is 0.310 e. The third kappa shape index (κ3) is 2.79. The number of hydrogen-bond acceptors (Lipinski definition) is 3. The zero-order valence-electron chi connectivity index (χ0n) is 9.89. The molecule has 0 fully saturated rings. The van der Waals surface area contributed by atoms with Crippen molar-refractivity contribution in [3.8, 4) is 0 Å². The van der Waals surface area contributed by atoms with Crippen molar-refractivity contribution in [2.45, 2.75) is 25.8 Å². The van der Waals surface area contributed by atoms with Crippen molar-refractivity contribution in [3.63, 3.8) is 0 Å². The van der Waals surface area contributed by atoms with Gasteiger partial charge in [-0.05, 0) is 30.9 Å². The minimum atomic E-state index is -0.219. The maximum Gasteiger partial charge on any atom is 0.310 e. The standard InChI is InChI=1S/C13H17NO2.ClH/c1-2-16-13(15)11-8-7-9-5-3-4-6-10(9)12(11)14;/h3-6,11-12H,2,7-8,14H2,1H3;1H/t11-,12+;/m1./s1. The van der Waals surface area contributed by atoms with Gasteiger partial charge in [-0.25, -0.2) is 0 Å². The van der Waals surface area contributed by atoms with Crippen LogP contribution in [0.15, 0.2) is 24.3 Å². The van der Waals surface area contributed by atoms with Gasteiger partial charge in [-0.2, -0.15) is 0 Å². The molecule has 0 bridgehead atoms. The Bertz CT molecular complexity index is 395. The van der Waals surface area contributed by atoms with Crippen molar-refractivity contribution >= 4 is 18.4 Å². The SMILES string of the molecule is CCOC(=O)[C@@H]1CCc2ccccc2[C@@H]1N.Cl. The number of carbonyl (C=O) groups excluding carboxylic acids is 1. The van der Waals surface area contributed by atoms with Gasteiger partial charge in [-0.3, -0.25) is 4.79 Å². The second-order valence-corrected chi connectivity index (χ2v) is 4.12. The van der Waals surface area contributed by atoms with Crippen molar-refractivity contribution < 1.29 is 9.53 Å². The van der Waals surface area contributed by atoms with Crippen LogP contribution in [0.25, 0.3) is 0 Å². The molecule has 0 radical (unpaired) electrons. The number of carbonyl (C=O) groups is 1. The van der Waals surface area contributed by atoms with Gasteiger partial charge in [0.1, 0.15) is 0 Å². The molecule has 0 heterocycles. The second-order valence-electron chi connectivity index (χ2n) is 4.12. The molecule has 17 heavy (non-hydrogen) atoms. The fourth-order valence-corrected chi connectivity index (χ4v) is 2.31. The van der Waals surface area contributed by atoms with Crippen LogP contribution in [0.1, 0.15) is 30.5 Å². The fraction of sp³-hybridized carbons (Fsp3) is 0.462. The molecule has 3 nitrogen and oxygen atoms in total. The Balaban J connectivity index is 0.00000144. The molecule has 0 amide bonds. The highest BCUT2D eigenvalue weighted by Gasteiger charge is 2.32. The lowest BCUT2D eigenvalue weighted by Gasteiger charge is -2.29. The minimum absolute atomic E-state index is 0. The zero-order valence-corrected chi connectivity index (χ0v) is 10.7. The third-order valence-electron chi connectivity index (χ3n) is 3.16. The van der Waals surface area contributed by atoms with Gasteiger partial charge in [0.15, 0.2) is 0 Å². The van der Waals surface area contributed by atoms with E-state index < -0.39 is 0 Å². The Morgan fingerprint density at radius 3 is 2.88 bits per heavy atom. The van der Waals surface area contributed by atoms with E-state index in [-0.39, 0.29) is 30.3 Å². The van der Waals surface area contributed by atoms with Crippen LogP contribution in [-0.4, -0.2) is 12.6 Å². The number of rotatable bonds is 2. The molecule has 0 aliphatic heterocycles. The number of hydrogen-bond donors (Lipinski definition) is 1. The molecule has 2 rings (SSSR count). The van der Waals surface area contributed by atoms with Gasteiger partial charge in [0, 0.05) is 6.04 Å². The maximum absolute atomic E-state index is 11.7. The lowest BCUT2D eigenvalue weighted by molar-refractivity contribution is -0.149. The second kappa shape index (κ2) is 6.03. The van der Waals surface area contributed by atoms with E-state index in [1.165, 1.54) is 5.56 Å². The van der Waals surface area contributed by atoms with Crippen LogP contribution in [0.5, 0.6) is 0 Å². The van der Waals surface area contributed by atoms with Crippen LogP contribution in [0.2, 0.25) is 0 Å². The number of ether oxygens (including phenoxy) is 1. The first-order chi connectivity index (χ1) is 7.74. The summed E-state index contributed by atoms with van der Waals surface area (Å²) in [6, 6.07) is 7.84. The summed E-state index contributed by atoms with van der Waals surface area (Å²) in [4.78, 5) is 11.7. The van der Waals surface area contributed by atoms with Crippen LogP contribution < -0.4 is 5.73 Å². The molecule has 2 N–H and O–H groups in total. The number of halogens is 1. The van der Waals surface area contributed by atoms with E-state index in [2.05, 4.69) is 6.07 Å².